The Hall–Kier alpha value is -0.540. The lowest BCUT2D eigenvalue weighted by atomic mass is 10.0. The molecule has 0 fully saturated rings. The van der Waals surface area contributed by atoms with Crippen molar-refractivity contribution in [2.75, 3.05) is 12.5 Å². The minimum atomic E-state index is -0.894. The Morgan fingerprint density at radius 2 is 1.88 bits per heavy atom. The first-order valence-electron chi connectivity index (χ1n) is 5.23. The zero-order valence-electron chi connectivity index (χ0n) is 10.2. The molecule has 0 heterocycles. The van der Waals surface area contributed by atoms with Gasteiger partial charge in [0, 0.05) is 6.26 Å². The fourth-order valence-corrected chi connectivity index (χ4v) is 2.87. The summed E-state index contributed by atoms with van der Waals surface area (Å²) < 4.78 is 12.3. The third-order valence-electron chi connectivity index (χ3n) is 2.37. The van der Waals surface area contributed by atoms with Crippen LogP contribution in [0, 0.1) is 0 Å². The highest BCUT2D eigenvalue weighted by Gasteiger charge is 2.01. The molecule has 0 aliphatic rings. The highest BCUT2D eigenvalue weighted by molar-refractivity contribution is 8.16. The Bertz CT molecular complexity index is 391. The highest BCUT2D eigenvalue weighted by Crippen LogP contribution is 2.21. The number of benzene rings is 1. The largest absolute Gasteiger partial charge is 0.254 e. The molecule has 88 valence electrons. The number of hydrogen-bond donors (Lipinski definition) is 0. The van der Waals surface area contributed by atoms with E-state index in [-0.39, 0.29) is 0 Å². The van der Waals surface area contributed by atoms with Crippen LogP contribution in [0.1, 0.15) is 30.9 Å². The van der Waals surface area contributed by atoms with Gasteiger partial charge >= 0.3 is 0 Å². The van der Waals surface area contributed by atoms with Crippen LogP contribution >= 0.6 is 11.8 Å². The second-order valence-electron chi connectivity index (χ2n) is 3.94. The van der Waals surface area contributed by atoms with Gasteiger partial charge in [-0.2, -0.15) is 0 Å². The van der Waals surface area contributed by atoms with Crippen molar-refractivity contribution in [3.8, 4) is 0 Å². The minimum absolute atomic E-state index is 0.554. The van der Waals surface area contributed by atoms with Gasteiger partial charge in [0.15, 0.2) is 0 Å². The van der Waals surface area contributed by atoms with E-state index in [1.807, 2.05) is 12.3 Å². The fraction of sp³-hybridized carbons (Fsp3) is 0.385. The van der Waals surface area contributed by atoms with Gasteiger partial charge in [0.2, 0.25) is 0 Å². The summed E-state index contributed by atoms with van der Waals surface area (Å²) in [5, 5.41) is 0. The Morgan fingerprint density at radius 3 is 2.25 bits per heavy atom. The summed E-state index contributed by atoms with van der Waals surface area (Å²) in [4.78, 5) is 0. The van der Waals surface area contributed by atoms with Crippen molar-refractivity contribution in [3.05, 3.63) is 39.6 Å². The van der Waals surface area contributed by atoms with E-state index in [1.165, 1.54) is 5.56 Å². The lowest BCUT2D eigenvalue weighted by Crippen LogP contribution is -1.88. The van der Waals surface area contributed by atoms with Gasteiger partial charge in [0.25, 0.3) is 0 Å². The molecule has 0 saturated heterocycles. The molecule has 0 aromatic heterocycles. The standard InChI is InChI=1S/C13H18OS2/c1-10(2)12-7-5-11(6-8-12)9-13(15-3)16(4)14/h5-10H,1-4H3/b13-9+. The summed E-state index contributed by atoms with van der Waals surface area (Å²) >= 11 is 1.54. The van der Waals surface area contributed by atoms with Crippen LogP contribution in [0.4, 0.5) is 0 Å². The Morgan fingerprint density at radius 1 is 1.31 bits per heavy atom. The van der Waals surface area contributed by atoms with E-state index in [0.29, 0.717) is 5.92 Å². The molecule has 0 saturated carbocycles. The zero-order valence-corrected chi connectivity index (χ0v) is 11.8. The molecule has 3 heteroatoms. The van der Waals surface area contributed by atoms with E-state index < -0.39 is 10.8 Å². The Balaban J connectivity index is 2.94. The summed E-state index contributed by atoms with van der Waals surface area (Å²) in [6.45, 7) is 4.36. The van der Waals surface area contributed by atoms with E-state index in [0.717, 1.165) is 9.80 Å². The van der Waals surface area contributed by atoms with Gasteiger partial charge in [-0.15, -0.1) is 11.8 Å². The van der Waals surface area contributed by atoms with Crippen molar-refractivity contribution < 1.29 is 4.21 Å². The molecule has 1 unspecified atom stereocenters. The van der Waals surface area contributed by atoms with E-state index in [1.54, 1.807) is 18.0 Å². The second-order valence-corrected chi connectivity index (χ2v) is 6.40. The van der Waals surface area contributed by atoms with Crippen molar-refractivity contribution >= 4 is 28.6 Å². The zero-order chi connectivity index (χ0) is 12.1. The number of hydrogen-bond acceptors (Lipinski definition) is 2. The van der Waals surface area contributed by atoms with E-state index in [9.17, 15) is 4.21 Å². The maximum absolute atomic E-state index is 11.4. The monoisotopic (exact) mass is 254 g/mol. The molecule has 0 radical (unpaired) electrons. The molecular formula is C13H18OS2. The quantitative estimate of drug-likeness (QED) is 0.812. The lowest BCUT2D eigenvalue weighted by molar-refractivity contribution is 0.691. The van der Waals surface area contributed by atoms with Crippen LogP contribution in [0.3, 0.4) is 0 Å². The summed E-state index contributed by atoms with van der Waals surface area (Å²) in [5.41, 5.74) is 2.45. The average Bonchev–Trinajstić information content (AvgIpc) is 2.26. The molecule has 1 nitrogen and oxygen atoms in total. The Labute approximate surface area is 105 Å². The second kappa shape index (κ2) is 6.26. The van der Waals surface area contributed by atoms with E-state index in [2.05, 4.69) is 38.1 Å². The van der Waals surface area contributed by atoms with Gasteiger partial charge in [-0.1, -0.05) is 38.1 Å². The molecule has 0 bridgehead atoms. The molecule has 1 aromatic carbocycles. The minimum Gasteiger partial charge on any atom is -0.254 e. The third-order valence-corrected chi connectivity index (χ3v) is 4.78. The van der Waals surface area contributed by atoms with Gasteiger partial charge in [0.05, 0.1) is 15.0 Å². The first-order valence-corrected chi connectivity index (χ1v) is 8.02. The summed E-state index contributed by atoms with van der Waals surface area (Å²) in [5.74, 6) is 0.554. The van der Waals surface area contributed by atoms with Crippen molar-refractivity contribution in [3.63, 3.8) is 0 Å². The third kappa shape index (κ3) is 3.80. The van der Waals surface area contributed by atoms with Crippen molar-refractivity contribution in [1.29, 1.82) is 0 Å². The maximum Gasteiger partial charge on any atom is 0.0716 e. The van der Waals surface area contributed by atoms with E-state index >= 15 is 0 Å². The van der Waals surface area contributed by atoms with Gasteiger partial charge in [-0.3, -0.25) is 4.21 Å². The van der Waals surface area contributed by atoms with Crippen LogP contribution in [0.2, 0.25) is 0 Å². The first kappa shape index (κ1) is 13.5. The van der Waals surface area contributed by atoms with Gasteiger partial charge in [-0.25, -0.2) is 0 Å². The Kier molecular flexibility index (Phi) is 5.29. The molecule has 16 heavy (non-hydrogen) atoms. The number of rotatable bonds is 4. The first-order chi connectivity index (χ1) is 7.54. The smallest absolute Gasteiger partial charge is 0.0716 e. The molecule has 1 aromatic rings. The molecule has 0 aliphatic heterocycles. The molecule has 0 amide bonds. The molecular weight excluding hydrogens is 236 g/mol. The van der Waals surface area contributed by atoms with Gasteiger partial charge in [-0.05, 0) is 29.4 Å². The van der Waals surface area contributed by atoms with Gasteiger partial charge in [0.1, 0.15) is 0 Å². The van der Waals surface area contributed by atoms with Crippen LogP contribution in [0.15, 0.2) is 28.5 Å². The predicted octanol–water partition coefficient (Wildman–Crippen LogP) is 3.85. The van der Waals surface area contributed by atoms with Crippen molar-refractivity contribution in [1.82, 2.24) is 0 Å². The van der Waals surface area contributed by atoms with Gasteiger partial charge < -0.3 is 0 Å². The lowest BCUT2D eigenvalue weighted by Gasteiger charge is -2.05. The maximum atomic E-state index is 11.4. The summed E-state index contributed by atoms with van der Waals surface area (Å²) in [6.07, 6.45) is 5.66. The molecule has 1 atom stereocenters. The van der Waals surface area contributed by atoms with Crippen LogP contribution in [0.25, 0.3) is 6.08 Å². The fourth-order valence-electron chi connectivity index (χ4n) is 1.37. The summed E-state index contributed by atoms with van der Waals surface area (Å²) in [6, 6.07) is 8.43. The van der Waals surface area contributed by atoms with Crippen LogP contribution in [0.5, 0.6) is 0 Å². The normalized spacial score (nSPS) is 14.2. The topological polar surface area (TPSA) is 17.1 Å². The molecule has 0 aliphatic carbocycles. The van der Waals surface area contributed by atoms with Crippen molar-refractivity contribution in [2.24, 2.45) is 0 Å². The summed E-state index contributed by atoms with van der Waals surface area (Å²) in [7, 11) is -0.894. The van der Waals surface area contributed by atoms with Crippen LogP contribution < -0.4 is 0 Å². The molecule has 0 spiro atoms. The molecule has 0 N–H and O–H groups in total. The molecule has 1 rings (SSSR count). The highest BCUT2D eigenvalue weighted by atomic mass is 32.2. The number of thioether (sulfide) groups is 1. The van der Waals surface area contributed by atoms with Crippen molar-refractivity contribution in [2.45, 2.75) is 19.8 Å². The van der Waals surface area contributed by atoms with E-state index in [4.69, 9.17) is 0 Å². The SMILES string of the molecule is CS/C(=C\c1ccc(C(C)C)cc1)S(C)=O. The predicted molar refractivity (Wildman–Crippen MR) is 76.1 cm³/mol. The van der Waals surface area contributed by atoms with Crippen LogP contribution in [-0.2, 0) is 10.8 Å². The van der Waals surface area contributed by atoms with Crippen LogP contribution in [-0.4, -0.2) is 16.7 Å². The average molecular weight is 254 g/mol.